The molecule has 1 spiro atoms. The number of amides is 1. The molecule has 1 unspecified atom stereocenters. The Labute approximate surface area is 184 Å². The quantitative estimate of drug-likeness (QED) is 0.521. The molecule has 0 aromatic heterocycles. The number of nitrogens with one attached hydrogen (secondary N) is 1. The smallest absolute Gasteiger partial charge is 0.449 e. The molecule has 1 amide bonds. The summed E-state index contributed by atoms with van der Waals surface area (Å²) < 4.78 is 20.8. The van der Waals surface area contributed by atoms with E-state index in [2.05, 4.69) is 9.50 Å². The van der Waals surface area contributed by atoms with Crippen LogP contribution >= 0.6 is 12.2 Å². The van der Waals surface area contributed by atoms with Crippen molar-refractivity contribution in [2.75, 3.05) is 13.1 Å². The Kier molecular flexibility index (Phi) is 6.45. The number of piperidine rings is 1. The van der Waals surface area contributed by atoms with Crippen molar-refractivity contribution in [1.82, 2.24) is 14.5 Å². The molecule has 31 heavy (non-hydrogen) atoms. The maximum Gasteiger partial charge on any atom is 0.519 e. The second-order valence-electron chi connectivity index (χ2n) is 7.79. The molecule has 164 valence electrons. The molecule has 2 aromatic carbocycles. The van der Waals surface area contributed by atoms with E-state index in [-0.39, 0.29) is 18.3 Å². The molecule has 0 saturated carbocycles. The van der Waals surface area contributed by atoms with E-state index in [4.69, 9.17) is 5.11 Å². The molecule has 0 aliphatic carbocycles. The van der Waals surface area contributed by atoms with Crippen LogP contribution in [0.15, 0.2) is 54.6 Å². The van der Waals surface area contributed by atoms with Gasteiger partial charge >= 0.3 is 6.16 Å². The minimum Gasteiger partial charge on any atom is -0.449 e. The van der Waals surface area contributed by atoms with Gasteiger partial charge in [0.25, 0.3) is 0 Å². The van der Waals surface area contributed by atoms with E-state index in [0.29, 0.717) is 37.9 Å². The normalized spacial score (nSPS) is 20.9. The molecule has 0 bridgehead atoms. The summed E-state index contributed by atoms with van der Waals surface area (Å²) in [6, 6.07) is 15.9. The predicted octanol–water partition coefficient (Wildman–Crippen LogP) is 3.42. The highest BCUT2D eigenvalue weighted by molar-refractivity contribution is 7.92. The van der Waals surface area contributed by atoms with Gasteiger partial charge in [0.05, 0.1) is 18.2 Å². The number of carbonyl (C=O) groups is 2. The number of nitrogens with zero attached hydrogens (tertiary/aromatic N) is 2. The Morgan fingerprint density at radius 2 is 1.84 bits per heavy atom. The standard InChI is InChI=1S/C22H24FN3O4S/c23-18-9-5-4-8-17(18)15-26-20(27)19(14-16-6-2-1-3-7-16)24-22(26)10-12-25(13-11-22)31-30-21(28)29/h1-9,19,24H,10-15H2,(H,28,29). The van der Waals surface area contributed by atoms with Crippen molar-refractivity contribution in [1.29, 1.82) is 0 Å². The summed E-state index contributed by atoms with van der Waals surface area (Å²) in [6.45, 7) is 1.25. The first kappa shape index (κ1) is 21.6. The van der Waals surface area contributed by atoms with Crippen LogP contribution in [-0.2, 0) is 21.9 Å². The van der Waals surface area contributed by atoms with Gasteiger partial charge in [-0.3, -0.25) is 10.1 Å². The Morgan fingerprint density at radius 1 is 1.16 bits per heavy atom. The first-order valence-corrected chi connectivity index (χ1v) is 10.9. The minimum absolute atomic E-state index is 0.0463. The summed E-state index contributed by atoms with van der Waals surface area (Å²) in [5, 5.41) is 12.3. The largest absolute Gasteiger partial charge is 0.519 e. The van der Waals surface area contributed by atoms with Crippen molar-refractivity contribution in [2.45, 2.75) is 37.5 Å². The molecule has 7 nitrogen and oxygen atoms in total. The molecule has 0 radical (unpaired) electrons. The molecular weight excluding hydrogens is 421 g/mol. The highest BCUT2D eigenvalue weighted by atomic mass is 32.2. The molecule has 2 N–H and O–H groups in total. The lowest BCUT2D eigenvalue weighted by Gasteiger charge is -2.43. The number of halogens is 1. The molecule has 2 aliphatic heterocycles. The number of benzene rings is 2. The molecular formula is C22H24FN3O4S. The number of rotatable bonds is 6. The van der Waals surface area contributed by atoms with Crippen LogP contribution in [0.2, 0.25) is 0 Å². The summed E-state index contributed by atoms with van der Waals surface area (Å²) in [7, 11) is 0. The molecule has 2 heterocycles. The van der Waals surface area contributed by atoms with Gasteiger partial charge in [0.15, 0.2) is 12.2 Å². The van der Waals surface area contributed by atoms with E-state index in [1.165, 1.54) is 6.07 Å². The van der Waals surface area contributed by atoms with Crippen LogP contribution in [-0.4, -0.2) is 51.2 Å². The van der Waals surface area contributed by atoms with Crippen LogP contribution in [0.1, 0.15) is 24.0 Å². The van der Waals surface area contributed by atoms with Crippen LogP contribution < -0.4 is 5.32 Å². The van der Waals surface area contributed by atoms with Crippen molar-refractivity contribution in [3.63, 3.8) is 0 Å². The highest BCUT2D eigenvalue weighted by Gasteiger charge is 2.51. The molecule has 2 saturated heterocycles. The van der Waals surface area contributed by atoms with Crippen LogP contribution in [0, 0.1) is 5.82 Å². The monoisotopic (exact) mass is 445 g/mol. The van der Waals surface area contributed by atoms with E-state index >= 15 is 0 Å². The number of hydrogen-bond acceptors (Lipinski definition) is 6. The van der Waals surface area contributed by atoms with Gasteiger partial charge in [-0.2, -0.15) is 0 Å². The van der Waals surface area contributed by atoms with Crippen LogP contribution in [0.3, 0.4) is 0 Å². The van der Waals surface area contributed by atoms with Gasteiger partial charge in [0.2, 0.25) is 5.91 Å². The molecule has 9 heteroatoms. The van der Waals surface area contributed by atoms with Crippen LogP contribution in [0.4, 0.5) is 9.18 Å². The van der Waals surface area contributed by atoms with E-state index < -0.39 is 17.9 Å². The third-order valence-corrected chi connectivity index (χ3v) is 6.65. The van der Waals surface area contributed by atoms with E-state index in [0.717, 1.165) is 17.8 Å². The average Bonchev–Trinajstić information content (AvgIpc) is 3.01. The zero-order chi connectivity index (χ0) is 21.8. The second kappa shape index (κ2) is 9.25. The van der Waals surface area contributed by atoms with Gasteiger partial charge in [-0.25, -0.2) is 13.5 Å². The Bertz CT molecular complexity index is 937. The maximum absolute atomic E-state index is 14.4. The zero-order valence-electron chi connectivity index (χ0n) is 16.9. The van der Waals surface area contributed by atoms with Gasteiger partial charge in [-0.1, -0.05) is 48.5 Å². The van der Waals surface area contributed by atoms with E-state index in [9.17, 15) is 14.0 Å². The van der Waals surface area contributed by atoms with Crippen molar-refractivity contribution in [3.05, 3.63) is 71.5 Å². The van der Waals surface area contributed by atoms with Crippen molar-refractivity contribution in [3.8, 4) is 0 Å². The Balaban J connectivity index is 1.54. The number of carbonyl (C=O) groups excluding carboxylic acids is 1. The SMILES string of the molecule is O=C(O)OSN1CCC2(CC1)NC(Cc1ccccc1)C(=O)N2Cc1ccccc1F. The molecule has 2 fully saturated rings. The molecule has 2 aliphatic rings. The third-order valence-electron chi connectivity index (χ3n) is 5.86. The summed E-state index contributed by atoms with van der Waals surface area (Å²) in [5.41, 5.74) is 0.918. The third kappa shape index (κ3) is 4.84. The Morgan fingerprint density at radius 3 is 2.52 bits per heavy atom. The van der Waals surface area contributed by atoms with Crippen molar-refractivity contribution < 1.29 is 23.3 Å². The zero-order valence-corrected chi connectivity index (χ0v) is 17.7. The van der Waals surface area contributed by atoms with Gasteiger partial charge in [0, 0.05) is 18.7 Å². The molecule has 2 aromatic rings. The van der Waals surface area contributed by atoms with Gasteiger partial charge in [0.1, 0.15) is 5.82 Å². The highest BCUT2D eigenvalue weighted by Crippen LogP contribution is 2.36. The lowest BCUT2D eigenvalue weighted by molar-refractivity contribution is -0.134. The topological polar surface area (TPSA) is 82.1 Å². The first-order chi connectivity index (χ1) is 15.0. The lowest BCUT2D eigenvalue weighted by Crippen LogP contribution is -2.57. The Hall–Kier alpha value is -2.62. The summed E-state index contributed by atoms with van der Waals surface area (Å²) in [5.74, 6) is -0.380. The van der Waals surface area contributed by atoms with Crippen molar-refractivity contribution >= 4 is 24.3 Å². The molecule has 4 rings (SSSR count). The predicted molar refractivity (Wildman–Crippen MR) is 114 cm³/mol. The molecule has 1 atom stereocenters. The lowest BCUT2D eigenvalue weighted by atomic mass is 9.96. The fourth-order valence-electron chi connectivity index (χ4n) is 4.31. The number of carboxylic acid groups (broad SMARTS) is 1. The second-order valence-corrected chi connectivity index (χ2v) is 8.62. The fourth-order valence-corrected chi connectivity index (χ4v) is 4.81. The van der Waals surface area contributed by atoms with E-state index in [1.807, 2.05) is 34.6 Å². The number of hydrogen-bond donors (Lipinski definition) is 2. The average molecular weight is 446 g/mol. The van der Waals surface area contributed by atoms with E-state index in [1.54, 1.807) is 23.1 Å². The van der Waals surface area contributed by atoms with Crippen LogP contribution in [0.5, 0.6) is 0 Å². The van der Waals surface area contributed by atoms with Gasteiger partial charge < -0.3 is 14.2 Å². The van der Waals surface area contributed by atoms with Crippen LogP contribution in [0.25, 0.3) is 0 Å². The summed E-state index contributed by atoms with van der Waals surface area (Å²) >= 11 is 0.802. The van der Waals surface area contributed by atoms with Crippen molar-refractivity contribution in [2.24, 2.45) is 0 Å². The minimum atomic E-state index is -1.34. The maximum atomic E-state index is 14.4. The van der Waals surface area contributed by atoms with Gasteiger partial charge in [-0.15, -0.1) is 0 Å². The summed E-state index contributed by atoms with van der Waals surface area (Å²) in [4.78, 5) is 25.8. The first-order valence-electron chi connectivity index (χ1n) is 10.2. The van der Waals surface area contributed by atoms with Gasteiger partial charge in [-0.05, 0) is 30.9 Å². The fraction of sp³-hybridized carbons (Fsp3) is 0.364. The summed E-state index contributed by atoms with van der Waals surface area (Å²) in [6.07, 6.45) is 0.363.